The Morgan fingerprint density at radius 1 is 1.15 bits per heavy atom. The number of aromatic nitrogens is 3. The van der Waals surface area contributed by atoms with Crippen molar-refractivity contribution in [2.45, 2.75) is 6.42 Å². The third-order valence-electron chi connectivity index (χ3n) is 4.87. The summed E-state index contributed by atoms with van der Waals surface area (Å²) in [5.74, 6) is 1.73. The number of hydrogen-bond donors (Lipinski definition) is 1. The van der Waals surface area contributed by atoms with Gasteiger partial charge >= 0.3 is 0 Å². The largest absolute Gasteiger partial charge is 0.497 e. The molecule has 1 aliphatic rings. The summed E-state index contributed by atoms with van der Waals surface area (Å²) < 4.78 is 11.1. The third-order valence-corrected chi connectivity index (χ3v) is 5.05. The van der Waals surface area contributed by atoms with Crippen molar-refractivity contribution in [3.05, 3.63) is 59.5 Å². The molecule has 0 amide bonds. The van der Waals surface area contributed by atoms with E-state index in [-0.39, 0.29) is 5.28 Å². The lowest BCUT2D eigenvalue weighted by atomic mass is 10.0. The Labute approximate surface area is 160 Å². The van der Waals surface area contributed by atoms with Gasteiger partial charge in [-0.2, -0.15) is 0 Å². The van der Waals surface area contributed by atoms with E-state index in [9.17, 15) is 0 Å². The molecule has 1 aliphatic heterocycles. The Hall–Kier alpha value is -3.05. The molecule has 4 aromatic rings. The summed E-state index contributed by atoms with van der Waals surface area (Å²) in [6.45, 7) is 0.733. The third kappa shape index (κ3) is 2.71. The highest BCUT2D eigenvalue weighted by atomic mass is 35.5. The lowest BCUT2D eigenvalue weighted by molar-refractivity contribution is 0.357. The number of rotatable bonds is 3. The van der Waals surface area contributed by atoms with Crippen molar-refractivity contribution in [3.8, 4) is 34.0 Å². The monoisotopic (exact) mass is 377 g/mol. The first kappa shape index (κ1) is 16.1. The van der Waals surface area contributed by atoms with E-state index in [1.54, 1.807) is 13.3 Å². The van der Waals surface area contributed by atoms with E-state index in [4.69, 9.17) is 21.1 Å². The second-order valence-corrected chi connectivity index (χ2v) is 6.76. The minimum absolute atomic E-state index is 0.221. The van der Waals surface area contributed by atoms with Crippen LogP contribution < -0.4 is 9.47 Å². The smallest absolute Gasteiger partial charge is 0.222 e. The van der Waals surface area contributed by atoms with Gasteiger partial charge in [-0.05, 0) is 41.4 Å². The average molecular weight is 378 g/mol. The minimum Gasteiger partial charge on any atom is -0.497 e. The molecule has 0 aliphatic carbocycles. The fraction of sp³-hybridized carbons (Fsp3) is 0.143. The van der Waals surface area contributed by atoms with Crippen molar-refractivity contribution in [1.29, 1.82) is 0 Å². The summed E-state index contributed by atoms with van der Waals surface area (Å²) >= 11 is 6.06. The summed E-state index contributed by atoms with van der Waals surface area (Å²) in [5.41, 5.74) is 5.96. The standard InChI is InChI=1S/C21H16ClN3O2/c1-26-14-4-5-15-17(11-14)24-20(19(15)16-6-8-23-21(22)25-16)13-3-2-12-7-9-27-18(12)10-13/h2-6,8,10-11,24H,7,9H2,1H3. The molecule has 0 saturated heterocycles. The first-order valence-corrected chi connectivity index (χ1v) is 9.05. The van der Waals surface area contributed by atoms with Gasteiger partial charge < -0.3 is 14.5 Å². The Morgan fingerprint density at radius 3 is 2.93 bits per heavy atom. The van der Waals surface area contributed by atoms with Gasteiger partial charge in [0, 0.05) is 35.2 Å². The van der Waals surface area contributed by atoms with Crippen molar-refractivity contribution in [1.82, 2.24) is 15.0 Å². The molecule has 0 saturated carbocycles. The number of nitrogens with one attached hydrogen (secondary N) is 1. The zero-order chi connectivity index (χ0) is 18.4. The van der Waals surface area contributed by atoms with Crippen molar-refractivity contribution in [3.63, 3.8) is 0 Å². The van der Waals surface area contributed by atoms with Crippen LogP contribution in [0, 0.1) is 0 Å². The van der Waals surface area contributed by atoms with E-state index in [1.165, 1.54) is 5.56 Å². The van der Waals surface area contributed by atoms with E-state index >= 15 is 0 Å². The molecule has 2 aromatic heterocycles. The SMILES string of the molecule is COc1ccc2c(-c3ccnc(Cl)n3)c(-c3ccc4c(c3)OCC4)[nH]c2c1. The molecule has 5 nitrogen and oxygen atoms in total. The zero-order valence-electron chi connectivity index (χ0n) is 14.6. The van der Waals surface area contributed by atoms with Crippen molar-refractivity contribution in [2.24, 2.45) is 0 Å². The van der Waals surface area contributed by atoms with Crippen LogP contribution in [-0.2, 0) is 6.42 Å². The van der Waals surface area contributed by atoms with Crippen LogP contribution in [0.2, 0.25) is 5.28 Å². The van der Waals surface area contributed by atoms with Crippen LogP contribution in [0.1, 0.15) is 5.56 Å². The van der Waals surface area contributed by atoms with E-state index in [2.05, 4.69) is 33.2 Å². The number of methoxy groups -OCH3 is 1. The first-order chi connectivity index (χ1) is 13.2. The minimum atomic E-state index is 0.221. The molecule has 0 unspecified atom stereocenters. The van der Waals surface area contributed by atoms with Gasteiger partial charge in [-0.25, -0.2) is 9.97 Å². The van der Waals surface area contributed by atoms with Crippen LogP contribution in [0.5, 0.6) is 11.5 Å². The van der Waals surface area contributed by atoms with Gasteiger partial charge in [-0.1, -0.05) is 12.1 Å². The van der Waals surface area contributed by atoms with Crippen molar-refractivity contribution in [2.75, 3.05) is 13.7 Å². The number of H-pyrrole nitrogens is 1. The molecule has 5 rings (SSSR count). The number of hydrogen-bond acceptors (Lipinski definition) is 4. The van der Waals surface area contributed by atoms with Crippen molar-refractivity contribution < 1.29 is 9.47 Å². The fourth-order valence-electron chi connectivity index (χ4n) is 3.58. The van der Waals surface area contributed by atoms with Gasteiger partial charge in [0.05, 0.1) is 30.6 Å². The average Bonchev–Trinajstić information content (AvgIpc) is 3.31. The van der Waals surface area contributed by atoms with Gasteiger partial charge in [0.2, 0.25) is 5.28 Å². The maximum Gasteiger partial charge on any atom is 0.222 e. The Balaban J connectivity index is 1.79. The molecule has 0 fully saturated rings. The van der Waals surface area contributed by atoms with Crippen LogP contribution in [0.4, 0.5) is 0 Å². The number of benzene rings is 2. The zero-order valence-corrected chi connectivity index (χ0v) is 15.4. The van der Waals surface area contributed by atoms with E-state index in [0.717, 1.165) is 57.9 Å². The summed E-state index contributed by atoms with van der Waals surface area (Å²) in [5, 5.41) is 1.26. The molecular weight excluding hydrogens is 362 g/mol. The molecule has 6 heteroatoms. The maximum atomic E-state index is 6.06. The van der Waals surface area contributed by atoms with E-state index < -0.39 is 0 Å². The summed E-state index contributed by atoms with van der Waals surface area (Å²) in [6, 6.07) is 14.1. The topological polar surface area (TPSA) is 60.0 Å². The Morgan fingerprint density at radius 2 is 2.07 bits per heavy atom. The molecular formula is C21H16ClN3O2. The molecule has 0 spiro atoms. The quantitative estimate of drug-likeness (QED) is 0.516. The fourth-order valence-corrected chi connectivity index (χ4v) is 3.73. The summed E-state index contributed by atoms with van der Waals surface area (Å²) in [4.78, 5) is 12.0. The van der Waals surface area contributed by atoms with Crippen LogP contribution >= 0.6 is 11.6 Å². The molecule has 2 aromatic carbocycles. The highest BCUT2D eigenvalue weighted by molar-refractivity contribution is 6.28. The first-order valence-electron chi connectivity index (χ1n) is 8.67. The predicted octanol–water partition coefficient (Wildman–Crippen LogP) is 4.89. The van der Waals surface area contributed by atoms with Crippen LogP contribution in [0.3, 0.4) is 0 Å². The van der Waals surface area contributed by atoms with Gasteiger partial charge in [0.15, 0.2) is 0 Å². The second kappa shape index (κ2) is 6.28. The Bertz CT molecular complexity index is 1170. The highest BCUT2D eigenvalue weighted by Crippen LogP contribution is 2.40. The summed E-state index contributed by atoms with van der Waals surface area (Å²) in [7, 11) is 1.66. The molecule has 3 heterocycles. The maximum absolute atomic E-state index is 6.06. The van der Waals surface area contributed by atoms with Gasteiger partial charge in [0.1, 0.15) is 11.5 Å². The molecule has 0 radical (unpaired) electrons. The van der Waals surface area contributed by atoms with E-state index in [0.29, 0.717) is 0 Å². The molecule has 134 valence electrons. The molecule has 0 atom stereocenters. The number of fused-ring (bicyclic) bond motifs is 2. The van der Waals surface area contributed by atoms with Gasteiger partial charge in [-0.15, -0.1) is 0 Å². The lowest BCUT2D eigenvalue weighted by Crippen LogP contribution is -1.89. The number of ether oxygens (including phenoxy) is 2. The molecule has 0 bridgehead atoms. The second-order valence-electron chi connectivity index (χ2n) is 6.42. The molecule has 1 N–H and O–H groups in total. The predicted molar refractivity (Wildman–Crippen MR) is 106 cm³/mol. The van der Waals surface area contributed by atoms with E-state index in [1.807, 2.05) is 24.3 Å². The molecule has 27 heavy (non-hydrogen) atoms. The lowest BCUT2D eigenvalue weighted by Gasteiger charge is -2.07. The van der Waals surface area contributed by atoms with Crippen LogP contribution in [0.25, 0.3) is 33.4 Å². The number of aromatic amines is 1. The van der Waals surface area contributed by atoms with Crippen LogP contribution in [-0.4, -0.2) is 28.7 Å². The normalized spacial score (nSPS) is 12.8. The van der Waals surface area contributed by atoms with Crippen LogP contribution in [0.15, 0.2) is 48.7 Å². The Kier molecular flexibility index (Phi) is 3.76. The number of halogens is 1. The van der Waals surface area contributed by atoms with Gasteiger partial charge in [-0.3, -0.25) is 0 Å². The summed E-state index contributed by atoms with van der Waals surface area (Å²) in [6.07, 6.45) is 2.62. The number of nitrogens with zero attached hydrogens (tertiary/aromatic N) is 2. The van der Waals surface area contributed by atoms with Gasteiger partial charge in [0.25, 0.3) is 0 Å². The highest BCUT2D eigenvalue weighted by Gasteiger charge is 2.19. The van der Waals surface area contributed by atoms with Crippen molar-refractivity contribution >= 4 is 22.5 Å².